The lowest BCUT2D eigenvalue weighted by atomic mass is 10.0. The number of hydrogen-bond acceptors (Lipinski definition) is 5. The second-order valence-corrected chi connectivity index (χ2v) is 5.54. The molecule has 0 saturated carbocycles. The van der Waals surface area contributed by atoms with E-state index < -0.39 is 48.2 Å². The summed E-state index contributed by atoms with van der Waals surface area (Å²) in [6.07, 6.45) is -0.0752. The molecule has 0 unspecified atom stereocenters. The molecule has 7 N–H and O–H groups in total. The van der Waals surface area contributed by atoms with E-state index in [9.17, 15) is 19.2 Å². The quantitative estimate of drug-likeness (QED) is 0.340. The molecule has 0 spiro atoms. The van der Waals surface area contributed by atoms with Crippen LogP contribution in [0.4, 0.5) is 0 Å². The zero-order chi connectivity index (χ0) is 17.4. The Kier molecular flexibility index (Phi) is 8.10. The van der Waals surface area contributed by atoms with Gasteiger partial charge in [-0.05, 0) is 19.3 Å². The largest absolute Gasteiger partial charge is 0.480 e. The van der Waals surface area contributed by atoms with E-state index in [0.29, 0.717) is 6.42 Å². The van der Waals surface area contributed by atoms with Crippen LogP contribution in [0.1, 0.15) is 33.6 Å². The molecule has 0 aliphatic carbocycles. The fourth-order valence-corrected chi connectivity index (χ4v) is 1.70. The maximum Gasteiger partial charge on any atom is 0.326 e. The number of primary amides is 1. The number of amides is 3. The van der Waals surface area contributed by atoms with Gasteiger partial charge in [-0.25, -0.2) is 4.79 Å². The van der Waals surface area contributed by atoms with Crippen molar-refractivity contribution in [1.82, 2.24) is 10.6 Å². The average molecular weight is 316 g/mol. The summed E-state index contributed by atoms with van der Waals surface area (Å²) in [5.74, 6) is -3.26. The smallest absolute Gasteiger partial charge is 0.326 e. The van der Waals surface area contributed by atoms with E-state index in [0.717, 1.165) is 0 Å². The van der Waals surface area contributed by atoms with Gasteiger partial charge in [0.15, 0.2) is 0 Å². The van der Waals surface area contributed by atoms with Gasteiger partial charge in [-0.1, -0.05) is 13.8 Å². The number of aliphatic carboxylic acids is 1. The van der Waals surface area contributed by atoms with Crippen molar-refractivity contribution in [2.24, 2.45) is 17.4 Å². The van der Waals surface area contributed by atoms with Crippen LogP contribution in [-0.2, 0) is 19.2 Å². The van der Waals surface area contributed by atoms with E-state index in [2.05, 4.69) is 10.6 Å². The summed E-state index contributed by atoms with van der Waals surface area (Å²) in [7, 11) is 0. The van der Waals surface area contributed by atoms with Crippen molar-refractivity contribution in [2.45, 2.75) is 51.7 Å². The zero-order valence-corrected chi connectivity index (χ0v) is 13.0. The summed E-state index contributed by atoms with van der Waals surface area (Å²) in [6.45, 7) is 5.20. The van der Waals surface area contributed by atoms with Gasteiger partial charge in [-0.2, -0.15) is 0 Å². The lowest BCUT2D eigenvalue weighted by molar-refractivity contribution is -0.143. The van der Waals surface area contributed by atoms with Crippen LogP contribution in [0.15, 0.2) is 0 Å². The normalized spacial score (nSPS) is 14.8. The number of carboxylic acid groups (broad SMARTS) is 1. The summed E-state index contributed by atoms with van der Waals surface area (Å²) in [4.78, 5) is 45.3. The minimum absolute atomic E-state index is 0.219. The Morgan fingerprint density at radius 1 is 1.05 bits per heavy atom. The topological polar surface area (TPSA) is 165 Å². The lowest BCUT2D eigenvalue weighted by Crippen LogP contribution is -2.54. The molecule has 0 aromatic heterocycles. The van der Waals surface area contributed by atoms with Crippen molar-refractivity contribution in [1.29, 1.82) is 0 Å². The fourth-order valence-electron chi connectivity index (χ4n) is 1.70. The zero-order valence-electron chi connectivity index (χ0n) is 13.0. The second-order valence-electron chi connectivity index (χ2n) is 5.54. The second kappa shape index (κ2) is 8.98. The van der Waals surface area contributed by atoms with Gasteiger partial charge in [0.2, 0.25) is 17.7 Å². The summed E-state index contributed by atoms with van der Waals surface area (Å²) in [5.41, 5.74) is 10.6. The third-order valence-corrected chi connectivity index (χ3v) is 2.83. The van der Waals surface area contributed by atoms with Gasteiger partial charge >= 0.3 is 5.97 Å². The number of carbonyl (C=O) groups excluding carboxylic acids is 3. The van der Waals surface area contributed by atoms with Gasteiger partial charge < -0.3 is 27.2 Å². The van der Waals surface area contributed by atoms with Crippen LogP contribution in [0, 0.1) is 5.92 Å². The van der Waals surface area contributed by atoms with E-state index in [1.807, 2.05) is 13.8 Å². The van der Waals surface area contributed by atoms with Crippen LogP contribution in [-0.4, -0.2) is 46.9 Å². The standard InChI is InChI=1S/C13H24N4O5/c1-6(2)4-8(14)12(20)16-7(3)11(19)17-9(13(21)22)5-10(15)18/h6-9H,4-5,14H2,1-3H3,(H2,15,18)(H,16,20)(H,17,19)(H,21,22)/t7-,8-,9-/m0/s1. The molecule has 0 rings (SSSR count). The van der Waals surface area contributed by atoms with Crippen molar-refractivity contribution in [3.05, 3.63) is 0 Å². The number of carbonyl (C=O) groups is 4. The Balaban J connectivity index is 4.55. The number of rotatable bonds is 9. The molecule has 0 aliphatic heterocycles. The van der Waals surface area contributed by atoms with Crippen LogP contribution < -0.4 is 22.1 Å². The van der Waals surface area contributed by atoms with Crippen molar-refractivity contribution < 1.29 is 24.3 Å². The first-order chi connectivity index (χ1) is 10.0. The molecule has 0 aromatic carbocycles. The third kappa shape index (κ3) is 7.58. The highest BCUT2D eigenvalue weighted by Gasteiger charge is 2.26. The van der Waals surface area contributed by atoms with Gasteiger partial charge in [0.05, 0.1) is 12.5 Å². The van der Waals surface area contributed by atoms with Crippen LogP contribution in [0.2, 0.25) is 0 Å². The number of carboxylic acids is 1. The Labute approximate surface area is 128 Å². The molecule has 0 fully saturated rings. The SMILES string of the molecule is CC(C)C[C@H](N)C(=O)N[C@@H](C)C(=O)N[C@@H](CC(N)=O)C(=O)O. The van der Waals surface area contributed by atoms with Gasteiger partial charge in [0.25, 0.3) is 0 Å². The Morgan fingerprint density at radius 2 is 1.59 bits per heavy atom. The molecule has 0 radical (unpaired) electrons. The van der Waals surface area contributed by atoms with Crippen LogP contribution in [0.25, 0.3) is 0 Å². The Hall–Kier alpha value is -2.16. The fraction of sp³-hybridized carbons (Fsp3) is 0.692. The molecule has 0 heterocycles. The number of nitrogens with one attached hydrogen (secondary N) is 2. The number of hydrogen-bond donors (Lipinski definition) is 5. The van der Waals surface area contributed by atoms with E-state index in [1.54, 1.807) is 0 Å². The van der Waals surface area contributed by atoms with Crippen molar-refractivity contribution in [3.63, 3.8) is 0 Å². The number of nitrogens with two attached hydrogens (primary N) is 2. The van der Waals surface area contributed by atoms with Crippen molar-refractivity contribution in [3.8, 4) is 0 Å². The lowest BCUT2D eigenvalue weighted by Gasteiger charge is -2.20. The maximum atomic E-state index is 11.8. The Morgan fingerprint density at radius 3 is 2.00 bits per heavy atom. The molecule has 22 heavy (non-hydrogen) atoms. The van der Waals surface area contributed by atoms with E-state index >= 15 is 0 Å². The highest BCUT2D eigenvalue weighted by molar-refractivity contribution is 5.92. The van der Waals surface area contributed by atoms with Crippen LogP contribution >= 0.6 is 0 Å². The summed E-state index contributed by atoms with van der Waals surface area (Å²) >= 11 is 0. The van der Waals surface area contributed by atoms with Crippen LogP contribution in [0.3, 0.4) is 0 Å². The summed E-state index contributed by atoms with van der Waals surface area (Å²) in [6, 6.07) is -3.18. The first kappa shape index (κ1) is 19.8. The predicted molar refractivity (Wildman–Crippen MR) is 78.4 cm³/mol. The molecule has 9 nitrogen and oxygen atoms in total. The molecular weight excluding hydrogens is 292 g/mol. The highest BCUT2D eigenvalue weighted by atomic mass is 16.4. The van der Waals surface area contributed by atoms with Gasteiger partial charge in [0, 0.05) is 0 Å². The van der Waals surface area contributed by atoms with Gasteiger partial charge in [0.1, 0.15) is 12.1 Å². The molecule has 3 atom stereocenters. The summed E-state index contributed by atoms with van der Waals surface area (Å²) in [5, 5.41) is 13.4. The van der Waals surface area contributed by atoms with Crippen molar-refractivity contribution >= 4 is 23.7 Å². The molecule has 9 heteroatoms. The average Bonchev–Trinajstić information content (AvgIpc) is 2.35. The molecule has 3 amide bonds. The minimum atomic E-state index is -1.44. The highest BCUT2D eigenvalue weighted by Crippen LogP contribution is 2.03. The van der Waals surface area contributed by atoms with Gasteiger partial charge in [-0.15, -0.1) is 0 Å². The van der Waals surface area contributed by atoms with E-state index in [-0.39, 0.29) is 5.92 Å². The molecule has 0 saturated heterocycles. The molecule has 0 aliphatic rings. The van der Waals surface area contributed by atoms with E-state index in [1.165, 1.54) is 6.92 Å². The summed E-state index contributed by atoms with van der Waals surface area (Å²) < 4.78 is 0. The molecule has 0 aromatic rings. The van der Waals surface area contributed by atoms with Crippen LogP contribution in [0.5, 0.6) is 0 Å². The molecule has 0 bridgehead atoms. The molecule has 126 valence electrons. The first-order valence-electron chi connectivity index (χ1n) is 6.92. The molecular formula is C13H24N4O5. The first-order valence-corrected chi connectivity index (χ1v) is 6.92. The Bertz CT molecular complexity index is 438. The van der Waals surface area contributed by atoms with Crippen molar-refractivity contribution in [2.75, 3.05) is 0 Å². The van der Waals surface area contributed by atoms with Gasteiger partial charge in [-0.3, -0.25) is 14.4 Å². The van der Waals surface area contributed by atoms with E-state index in [4.69, 9.17) is 16.6 Å². The maximum absolute atomic E-state index is 11.8. The monoisotopic (exact) mass is 316 g/mol. The third-order valence-electron chi connectivity index (χ3n) is 2.83. The predicted octanol–water partition coefficient (Wildman–Crippen LogP) is -1.69. The minimum Gasteiger partial charge on any atom is -0.480 e.